The van der Waals surface area contributed by atoms with Crippen LogP contribution in [0.2, 0.25) is 0 Å². The number of carbonyl (C=O) groups is 1. The van der Waals surface area contributed by atoms with Crippen molar-refractivity contribution in [2.45, 2.75) is 70.6 Å². The van der Waals surface area contributed by atoms with Gasteiger partial charge in [-0.25, -0.2) is 4.39 Å². The Bertz CT molecular complexity index is 1330. The number of esters is 1. The lowest BCUT2D eigenvalue weighted by Gasteiger charge is -2.24. The molecular formula is C33H37FO3. The molecule has 1 fully saturated rings. The first-order chi connectivity index (χ1) is 17.6. The molecule has 2 aliphatic carbocycles. The van der Waals surface area contributed by atoms with Crippen molar-refractivity contribution in [1.82, 2.24) is 0 Å². The van der Waals surface area contributed by atoms with E-state index in [1.807, 2.05) is 0 Å². The highest BCUT2D eigenvalue weighted by Gasteiger charge is 2.54. The van der Waals surface area contributed by atoms with Crippen LogP contribution in [0.4, 0.5) is 4.39 Å². The van der Waals surface area contributed by atoms with Gasteiger partial charge < -0.3 is 9.47 Å². The first-order valence-electron chi connectivity index (χ1n) is 13.3. The van der Waals surface area contributed by atoms with Crippen molar-refractivity contribution in [2.24, 2.45) is 5.41 Å². The molecule has 0 N–H and O–H groups in total. The second-order valence-corrected chi connectivity index (χ2v) is 11.9. The van der Waals surface area contributed by atoms with Crippen LogP contribution < -0.4 is 4.74 Å². The quantitative estimate of drug-likeness (QED) is 0.314. The lowest BCUT2D eigenvalue weighted by atomic mass is 9.80. The summed E-state index contributed by atoms with van der Waals surface area (Å²) in [5.41, 5.74) is 7.99. The summed E-state index contributed by atoms with van der Waals surface area (Å²) in [5, 5.41) is 0. The zero-order valence-electron chi connectivity index (χ0n) is 22.6. The van der Waals surface area contributed by atoms with Crippen molar-refractivity contribution in [3.8, 4) is 16.9 Å². The fraction of sp³-hybridized carbons (Fsp3) is 0.424. The van der Waals surface area contributed by atoms with E-state index in [4.69, 9.17) is 9.47 Å². The second kappa shape index (κ2) is 9.63. The van der Waals surface area contributed by atoms with E-state index < -0.39 is 0 Å². The van der Waals surface area contributed by atoms with Gasteiger partial charge in [0.2, 0.25) is 0 Å². The molecule has 2 aliphatic rings. The number of hydrogen-bond acceptors (Lipinski definition) is 3. The van der Waals surface area contributed by atoms with Gasteiger partial charge >= 0.3 is 5.97 Å². The van der Waals surface area contributed by atoms with Gasteiger partial charge in [0.05, 0.1) is 20.6 Å². The van der Waals surface area contributed by atoms with Crippen LogP contribution in [0.5, 0.6) is 5.75 Å². The molecule has 3 nitrogen and oxygen atoms in total. The maximum atomic E-state index is 15.0. The summed E-state index contributed by atoms with van der Waals surface area (Å²) in [6.07, 6.45) is 5.73. The van der Waals surface area contributed by atoms with E-state index in [1.165, 1.54) is 48.3 Å². The summed E-state index contributed by atoms with van der Waals surface area (Å²) < 4.78 is 25.4. The molecule has 0 aromatic heterocycles. The Morgan fingerprint density at radius 1 is 0.946 bits per heavy atom. The first-order valence-corrected chi connectivity index (χ1v) is 13.3. The molecule has 1 unspecified atom stereocenters. The Kier molecular flexibility index (Phi) is 6.64. The zero-order chi connectivity index (χ0) is 26.4. The Morgan fingerprint density at radius 2 is 1.65 bits per heavy atom. The van der Waals surface area contributed by atoms with Crippen LogP contribution in [0.15, 0.2) is 54.6 Å². The van der Waals surface area contributed by atoms with Gasteiger partial charge in [-0.2, -0.15) is 0 Å². The third-order valence-electron chi connectivity index (χ3n) is 8.41. The lowest BCUT2D eigenvalue weighted by molar-refractivity contribution is -0.141. The molecule has 0 bridgehead atoms. The summed E-state index contributed by atoms with van der Waals surface area (Å²) in [4.78, 5) is 12.0. The van der Waals surface area contributed by atoms with Gasteiger partial charge in [0.15, 0.2) is 0 Å². The van der Waals surface area contributed by atoms with Gasteiger partial charge in [-0.1, -0.05) is 57.2 Å². The first kappa shape index (κ1) is 25.5. The van der Waals surface area contributed by atoms with E-state index in [1.54, 1.807) is 19.2 Å². The number of benzene rings is 3. The number of hydrogen-bond donors (Lipinski definition) is 0. The summed E-state index contributed by atoms with van der Waals surface area (Å²) in [5.74, 6) is 0.584. The molecule has 1 atom stereocenters. The second-order valence-electron chi connectivity index (χ2n) is 11.9. The summed E-state index contributed by atoms with van der Waals surface area (Å²) >= 11 is 0. The van der Waals surface area contributed by atoms with Crippen LogP contribution in [0.1, 0.15) is 73.8 Å². The topological polar surface area (TPSA) is 35.5 Å². The fourth-order valence-corrected chi connectivity index (χ4v) is 6.15. The van der Waals surface area contributed by atoms with Crippen molar-refractivity contribution in [1.29, 1.82) is 0 Å². The molecule has 194 valence electrons. The number of ether oxygens (including phenoxy) is 2. The van der Waals surface area contributed by atoms with Gasteiger partial charge in [-0.3, -0.25) is 4.79 Å². The third kappa shape index (κ3) is 5.03. The molecule has 5 rings (SSSR count). The molecule has 0 saturated heterocycles. The highest BCUT2D eigenvalue weighted by Crippen LogP contribution is 2.64. The minimum absolute atomic E-state index is 0.116. The van der Waals surface area contributed by atoms with Crippen LogP contribution in [0.25, 0.3) is 11.1 Å². The van der Waals surface area contributed by atoms with Crippen LogP contribution in [0, 0.1) is 11.2 Å². The molecule has 0 aliphatic heterocycles. The number of methoxy groups -OCH3 is 2. The molecular weight excluding hydrogens is 463 g/mol. The van der Waals surface area contributed by atoms with E-state index in [0.29, 0.717) is 17.7 Å². The summed E-state index contributed by atoms with van der Waals surface area (Å²) in [6.45, 7) is 6.48. The van der Waals surface area contributed by atoms with Crippen molar-refractivity contribution in [2.75, 3.05) is 14.2 Å². The van der Waals surface area contributed by atoms with E-state index in [0.717, 1.165) is 30.4 Å². The average molecular weight is 501 g/mol. The number of carbonyl (C=O) groups excluding carboxylic acids is 1. The summed E-state index contributed by atoms with van der Waals surface area (Å²) in [6, 6.07) is 18.2. The SMILES string of the molecule is COC(=O)CC1c2ccc(CCc3ccc(C(C)(C)C)c(-c4cc(OC)ccc4F)c3)cc2CC12CC2. The molecule has 1 spiro atoms. The van der Waals surface area contributed by atoms with Crippen molar-refractivity contribution in [3.05, 3.63) is 88.2 Å². The zero-order valence-corrected chi connectivity index (χ0v) is 22.6. The number of aryl methyl sites for hydroxylation is 2. The van der Waals surface area contributed by atoms with Crippen LogP contribution >= 0.6 is 0 Å². The normalized spacial score (nSPS) is 17.5. The van der Waals surface area contributed by atoms with E-state index >= 15 is 0 Å². The predicted octanol–water partition coefficient (Wildman–Crippen LogP) is 7.57. The Hall–Kier alpha value is -3.14. The van der Waals surface area contributed by atoms with Gasteiger partial charge in [-0.05, 0) is 94.5 Å². The summed E-state index contributed by atoms with van der Waals surface area (Å²) in [7, 11) is 3.08. The van der Waals surface area contributed by atoms with Crippen molar-refractivity contribution < 1.29 is 18.7 Å². The Balaban J connectivity index is 1.39. The third-order valence-corrected chi connectivity index (χ3v) is 8.41. The molecule has 0 heterocycles. The molecule has 0 amide bonds. The highest BCUT2D eigenvalue weighted by atomic mass is 19.1. The standard InChI is InChI=1S/C33H37FO3/c1-32(2,3)28-12-9-22(17-26(28)27-18-24(36-4)10-13-30(27)34)7-6-21-8-11-25-23(16-21)20-33(14-15-33)29(25)19-31(35)37-5/h8-13,16-18,29H,6-7,14-15,19-20H2,1-5H3. The van der Waals surface area contributed by atoms with Crippen molar-refractivity contribution in [3.63, 3.8) is 0 Å². The molecule has 1 saturated carbocycles. The number of rotatable bonds is 7. The Labute approximate surface area is 220 Å². The van der Waals surface area contributed by atoms with E-state index in [-0.39, 0.29) is 28.5 Å². The molecule has 37 heavy (non-hydrogen) atoms. The molecule has 3 aromatic carbocycles. The maximum absolute atomic E-state index is 15.0. The van der Waals surface area contributed by atoms with E-state index in [2.05, 4.69) is 57.2 Å². The van der Waals surface area contributed by atoms with Crippen LogP contribution in [-0.2, 0) is 34.2 Å². The monoisotopic (exact) mass is 500 g/mol. The van der Waals surface area contributed by atoms with Gasteiger partial charge in [0.1, 0.15) is 11.6 Å². The minimum atomic E-state index is -0.238. The average Bonchev–Trinajstić information content (AvgIpc) is 3.59. The van der Waals surface area contributed by atoms with Crippen LogP contribution in [0.3, 0.4) is 0 Å². The minimum Gasteiger partial charge on any atom is -0.497 e. The highest BCUT2D eigenvalue weighted by molar-refractivity contribution is 5.72. The van der Waals surface area contributed by atoms with E-state index in [9.17, 15) is 9.18 Å². The van der Waals surface area contributed by atoms with Crippen molar-refractivity contribution >= 4 is 5.97 Å². The number of halogens is 1. The fourth-order valence-electron chi connectivity index (χ4n) is 6.15. The lowest BCUT2D eigenvalue weighted by Crippen LogP contribution is -2.14. The smallest absolute Gasteiger partial charge is 0.306 e. The number of fused-ring (bicyclic) bond motifs is 1. The molecule has 0 radical (unpaired) electrons. The molecule has 4 heteroatoms. The maximum Gasteiger partial charge on any atom is 0.306 e. The predicted molar refractivity (Wildman–Crippen MR) is 146 cm³/mol. The van der Waals surface area contributed by atoms with Gasteiger partial charge in [0, 0.05) is 11.5 Å². The molecule has 3 aromatic rings. The van der Waals surface area contributed by atoms with Gasteiger partial charge in [0.25, 0.3) is 0 Å². The largest absolute Gasteiger partial charge is 0.497 e. The Morgan fingerprint density at radius 3 is 2.30 bits per heavy atom. The van der Waals surface area contributed by atoms with Gasteiger partial charge in [-0.15, -0.1) is 0 Å². The van der Waals surface area contributed by atoms with Crippen LogP contribution in [-0.4, -0.2) is 20.2 Å².